The highest BCUT2D eigenvalue weighted by molar-refractivity contribution is 9.10. The number of nitrogens with one attached hydrogen (secondary N) is 1. The predicted molar refractivity (Wildman–Crippen MR) is 70.3 cm³/mol. The Morgan fingerprint density at radius 3 is 2.71 bits per heavy atom. The van der Waals surface area contributed by atoms with E-state index >= 15 is 0 Å². The molecule has 1 aromatic rings. The van der Waals surface area contributed by atoms with Gasteiger partial charge in [-0.15, -0.1) is 0 Å². The lowest BCUT2D eigenvalue weighted by molar-refractivity contribution is 0.0642. The molecule has 0 atom stereocenters. The smallest absolute Gasteiger partial charge is 0.253 e. The van der Waals surface area contributed by atoms with E-state index in [1.54, 1.807) is 18.2 Å². The summed E-state index contributed by atoms with van der Waals surface area (Å²) in [6, 6.07) is 5.13. The van der Waals surface area contributed by atoms with Crippen LogP contribution in [0.25, 0.3) is 0 Å². The van der Waals surface area contributed by atoms with Crippen LogP contribution in [0.4, 0.5) is 0 Å². The molecule has 0 heterocycles. The van der Waals surface area contributed by atoms with Gasteiger partial charge in [0, 0.05) is 4.47 Å². The van der Waals surface area contributed by atoms with Crippen molar-refractivity contribution < 1.29 is 9.90 Å². The van der Waals surface area contributed by atoms with E-state index in [4.69, 9.17) is 11.6 Å². The van der Waals surface area contributed by atoms with Crippen LogP contribution in [-0.4, -0.2) is 23.2 Å². The first-order chi connectivity index (χ1) is 8.06. The Morgan fingerprint density at radius 1 is 1.53 bits per heavy atom. The van der Waals surface area contributed by atoms with Crippen molar-refractivity contribution in [3.63, 3.8) is 0 Å². The summed E-state index contributed by atoms with van der Waals surface area (Å²) < 4.78 is 0.833. The first-order valence-corrected chi connectivity index (χ1v) is 6.62. The number of carbonyl (C=O) groups is 1. The number of halogens is 2. The maximum atomic E-state index is 12.0. The molecule has 1 amide bonds. The molecule has 5 heteroatoms. The molecule has 1 aromatic carbocycles. The Kier molecular flexibility index (Phi) is 3.76. The highest BCUT2D eigenvalue weighted by Gasteiger charge is 2.38. The monoisotopic (exact) mass is 317 g/mol. The Balaban J connectivity index is 2.14. The quantitative estimate of drug-likeness (QED) is 0.900. The van der Waals surface area contributed by atoms with E-state index in [-0.39, 0.29) is 12.5 Å². The standard InChI is InChI=1S/C12H13BrClNO2/c13-8-2-3-9(10(14)6-8)11(17)15-12(7-16)4-1-5-12/h2-3,6,16H,1,4-5,7H2,(H,15,17). The fraction of sp³-hybridized carbons (Fsp3) is 0.417. The maximum absolute atomic E-state index is 12.0. The lowest BCUT2D eigenvalue weighted by atomic mass is 9.77. The Bertz CT molecular complexity index is 441. The molecule has 92 valence electrons. The Labute approximate surface area is 113 Å². The average Bonchev–Trinajstić information content (AvgIpc) is 2.23. The maximum Gasteiger partial charge on any atom is 0.253 e. The third-order valence-corrected chi connectivity index (χ3v) is 3.97. The summed E-state index contributed by atoms with van der Waals surface area (Å²) in [6.07, 6.45) is 2.68. The number of rotatable bonds is 3. The molecule has 1 aliphatic carbocycles. The summed E-state index contributed by atoms with van der Waals surface area (Å²) in [5.41, 5.74) is 0.00242. The third-order valence-electron chi connectivity index (χ3n) is 3.17. The molecule has 0 unspecified atom stereocenters. The van der Waals surface area contributed by atoms with E-state index < -0.39 is 5.54 Å². The first kappa shape index (κ1) is 12.9. The second-order valence-electron chi connectivity index (χ2n) is 4.37. The molecule has 2 rings (SSSR count). The van der Waals surface area contributed by atoms with E-state index in [1.807, 2.05) is 0 Å². The van der Waals surface area contributed by atoms with Crippen LogP contribution in [-0.2, 0) is 0 Å². The summed E-state index contributed by atoms with van der Waals surface area (Å²) in [5, 5.41) is 12.6. The number of hydrogen-bond donors (Lipinski definition) is 2. The molecule has 0 aliphatic heterocycles. The number of aliphatic hydroxyl groups is 1. The molecular weight excluding hydrogens is 305 g/mol. The molecule has 2 N–H and O–H groups in total. The first-order valence-electron chi connectivity index (χ1n) is 5.45. The number of benzene rings is 1. The SMILES string of the molecule is O=C(NC1(CO)CCC1)c1ccc(Br)cc1Cl. The van der Waals surface area contributed by atoms with Crippen LogP contribution in [0.1, 0.15) is 29.6 Å². The van der Waals surface area contributed by atoms with Crippen molar-refractivity contribution >= 4 is 33.4 Å². The lowest BCUT2D eigenvalue weighted by Crippen LogP contribution is -2.56. The third kappa shape index (κ3) is 2.64. The fourth-order valence-electron chi connectivity index (χ4n) is 1.91. The zero-order valence-corrected chi connectivity index (χ0v) is 11.5. The van der Waals surface area contributed by atoms with Gasteiger partial charge < -0.3 is 10.4 Å². The van der Waals surface area contributed by atoms with Crippen molar-refractivity contribution in [3.05, 3.63) is 33.3 Å². The minimum Gasteiger partial charge on any atom is -0.394 e. The van der Waals surface area contributed by atoms with Gasteiger partial charge in [-0.2, -0.15) is 0 Å². The second-order valence-corrected chi connectivity index (χ2v) is 5.69. The molecule has 0 aromatic heterocycles. The van der Waals surface area contributed by atoms with Crippen LogP contribution in [0, 0.1) is 0 Å². The van der Waals surface area contributed by atoms with Gasteiger partial charge >= 0.3 is 0 Å². The van der Waals surface area contributed by atoms with Crippen LogP contribution in [0.15, 0.2) is 22.7 Å². The minimum absolute atomic E-state index is 0.0209. The Morgan fingerprint density at radius 2 is 2.24 bits per heavy atom. The summed E-state index contributed by atoms with van der Waals surface area (Å²) in [7, 11) is 0. The predicted octanol–water partition coefficient (Wildman–Crippen LogP) is 2.75. The molecule has 1 saturated carbocycles. The second kappa shape index (κ2) is 4.96. The van der Waals surface area contributed by atoms with Gasteiger partial charge in [0.25, 0.3) is 5.91 Å². The van der Waals surface area contributed by atoms with Crippen molar-refractivity contribution in [1.82, 2.24) is 5.32 Å². The molecule has 3 nitrogen and oxygen atoms in total. The molecule has 17 heavy (non-hydrogen) atoms. The Hall–Kier alpha value is -0.580. The van der Waals surface area contributed by atoms with Crippen LogP contribution >= 0.6 is 27.5 Å². The van der Waals surface area contributed by atoms with Crippen molar-refractivity contribution in [3.8, 4) is 0 Å². The minimum atomic E-state index is -0.437. The molecule has 0 spiro atoms. The van der Waals surface area contributed by atoms with Gasteiger partial charge in [-0.1, -0.05) is 27.5 Å². The largest absolute Gasteiger partial charge is 0.394 e. The molecule has 1 fully saturated rings. The van der Waals surface area contributed by atoms with Gasteiger partial charge in [0.2, 0.25) is 0 Å². The molecular formula is C12H13BrClNO2. The van der Waals surface area contributed by atoms with Crippen LogP contribution in [0.3, 0.4) is 0 Å². The van der Waals surface area contributed by atoms with E-state index in [0.29, 0.717) is 10.6 Å². The molecule has 0 bridgehead atoms. The van der Waals surface area contributed by atoms with E-state index in [9.17, 15) is 9.90 Å². The van der Waals surface area contributed by atoms with Crippen LogP contribution in [0.5, 0.6) is 0 Å². The van der Waals surface area contributed by atoms with Crippen LogP contribution < -0.4 is 5.32 Å². The summed E-state index contributed by atoms with van der Waals surface area (Å²) in [4.78, 5) is 12.0. The van der Waals surface area contributed by atoms with E-state index in [0.717, 1.165) is 23.7 Å². The summed E-state index contributed by atoms with van der Waals surface area (Å²) in [6.45, 7) is -0.0209. The average molecular weight is 319 g/mol. The van der Waals surface area contributed by atoms with Crippen molar-refractivity contribution in [2.24, 2.45) is 0 Å². The van der Waals surface area contributed by atoms with Gasteiger partial charge in [-0.05, 0) is 37.5 Å². The van der Waals surface area contributed by atoms with E-state index in [2.05, 4.69) is 21.2 Å². The fourth-order valence-corrected chi connectivity index (χ4v) is 2.67. The van der Waals surface area contributed by atoms with Crippen LogP contribution in [0.2, 0.25) is 5.02 Å². The van der Waals surface area contributed by atoms with Gasteiger partial charge in [0.1, 0.15) is 0 Å². The van der Waals surface area contributed by atoms with E-state index in [1.165, 1.54) is 0 Å². The zero-order chi connectivity index (χ0) is 12.5. The summed E-state index contributed by atoms with van der Waals surface area (Å²) >= 11 is 9.29. The van der Waals surface area contributed by atoms with Gasteiger partial charge in [0.05, 0.1) is 22.7 Å². The van der Waals surface area contributed by atoms with Crippen molar-refractivity contribution in [2.45, 2.75) is 24.8 Å². The topological polar surface area (TPSA) is 49.3 Å². The molecule has 0 radical (unpaired) electrons. The number of carbonyl (C=O) groups excluding carboxylic acids is 1. The number of aliphatic hydroxyl groups excluding tert-OH is 1. The highest BCUT2D eigenvalue weighted by atomic mass is 79.9. The molecule has 0 saturated heterocycles. The normalized spacial score (nSPS) is 17.4. The highest BCUT2D eigenvalue weighted by Crippen LogP contribution is 2.32. The van der Waals surface area contributed by atoms with Gasteiger partial charge in [-0.3, -0.25) is 4.79 Å². The lowest BCUT2D eigenvalue weighted by Gasteiger charge is -2.41. The number of amides is 1. The van der Waals surface area contributed by atoms with Gasteiger partial charge in [-0.25, -0.2) is 0 Å². The summed E-state index contributed by atoms with van der Waals surface area (Å²) in [5.74, 6) is -0.226. The van der Waals surface area contributed by atoms with Gasteiger partial charge in [0.15, 0.2) is 0 Å². The molecule has 1 aliphatic rings. The van der Waals surface area contributed by atoms with Crippen molar-refractivity contribution in [2.75, 3.05) is 6.61 Å². The number of hydrogen-bond acceptors (Lipinski definition) is 2. The van der Waals surface area contributed by atoms with Crippen molar-refractivity contribution in [1.29, 1.82) is 0 Å². The zero-order valence-electron chi connectivity index (χ0n) is 9.17.